The predicted octanol–water partition coefficient (Wildman–Crippen LogP) is 3.61. The van der Waals surface area contributed by atoms with E-state index in [1.165, 1.54) is 12.8 Å². The van der Waals surface area contributed by atoms with E-state index < -0.39 is 0 Å². The first-order chi connectivity index (χ1) is 13.6. The highest BCUT2D eigenvalue weighted by Crippen LogP contribution is 2.26. The lowest BCUT2D eigenvalue weighted by molar-refractivity contribution is -0.151. The van der Waals surface area contributed by atoms with Gasteiger partial charge in [0.2, 0.25) is 5.91 Å². The monoisotopic (exact) mass is 388 g/mol. The van der Waals surface area contributed by atoms with Crippen LogP contribution in [0.1, 0.15) is 52.4 Å². The summed E-state index contributed by atoms with van der Waals surface area (Å²) >= 11 is 0. The molecule has 6 nitrogen and oxygen atoms in total. The second-order valence-electron chi connectivity index (χ2n) is 7.77. The number of ether oxygens (including phenoxy) is 2. The summed E-state index contributed by atoms with van der Waals surface area (Å²) in [5.41, 5.74) is 0.887. The first-order valence-corrected chi connectivity index (χ1v) is 10.6. The number of piperidine rings is 1. The lowest BCUT2D eigenvalue weighted by Gasteiger charge is -2.33. The van der Waals surface area contributed by atoms with Gasteiger partial charge in [0, 0.05) is 24.8 Å². The molecular weight excluding hydrogens is 356 g/mol. The molecule has 154 valence electrons. The van der Waals surface area contributed by atoms with Gasteiger partial charge in [0.1, 0.15) is 11.8 Å². The minimum atomic E-state index is -0.333. The molecule has 1 aromatic rings. The fourth-order valence-corrected chi connectivity index (χ4v) is 4.04. The third kappa shape index (κ3) is 5.40. The van der Waals surface area contributed by atoms with Crippen LogP contribution in [0.25, 0.3) is 0 Å². The summed E-state index contributed by atoms with van der Waals surface area (Å²) in [5, 5.41) is 3.30. The SMILES string of the molecule is CCOC(=O)C1CCN(C(=O)[C@H](C)Nc2cccc(OC3CCCC3)c2)CC1. The summed E-state index contributed by atoms with van der Waals surface area (Å²) in [6.07, 6.45) is 6.37. The average molecular weight is 389 g/mol. The van der Waals surface area contributed by atoms with Gasteiger partial charge in [-0.3, -0.25) is 9.59 Å². The number of benzene rings is 1. The zero-order valence-corrected chi connectivity index (χ0v) is 17.0. The Morgan fingerprint density at radius 2 is 1.89 bits per heavy atom. The lowest BCUT2D eigenvalue weighted by Crippen LogP contribution is -2.46. The van der Waals surface area contributed by atoms with Crippen molar-refractivity contribution in [1.82, 2.24) is 4.90 Å². The van der Waals surface area contributed by atoms with E-state index in [0.29, 0.717) is 38.6 Å². The van der Waals surface area contributed by atoms with E-state index in [9.17, 15) is 9.59 Å². The molecule has 1 N–H and O–H groups in total. The highest BCUT2D eigenvalue weighted by atomic mass is 16.5. The van der Waals surface area contributed by atoms with Gasteiger partial charge >= 0.3 is 5.97 Å². The van der Waals surface area contributed by atoms with Crippen molar-refractivity contribution >= 4 is 17.6 Å². The number of nitrogens with one attached hydrogen (secondary N) is 1. The summed E-state index contributed by atoms with van der Waals surface area (Å²) in [4.78, 5) is 26.5. The van der Waals surface area contributed by atoms with Gasteiger partial charge in [-0.1, -0.05) is 6.07 Å². The molecule has 0 aromatic heterocycles. The molecule has 0 unspecified atom stereocenters. The molecule has 1 saturated carbocycles. The van der Waals surface area contributed by atoms with Gasteiger partial charge in [-0.05, 0) is 64.5 Å². The molecule has 6 heteroatoms. The van der Waals surface area contributed by atoms with Crippen LogP contribution in [-0.4, -0.2) is 48.6 Å². The molecule has 0 spiro atoms. The fourth-order valence-electron chi connectivity index (χ4n) is 4.04. The molecule has 1 heterocycles. The topological polar surface area (TPSA) is 67.9 Å². The van der Waals surface area contributed by atoms with Crippen molar-refractivity contribution in [3.63, 3.8) is 0 Å². The second kappa shape index (κ2) is 9.80. The Kier molecular flexibility index (Phi) is 7.18. The quantitative estimate of drug-likeness (QED) is 0.723. The van der Waals surface area contributed by atoms with Gasteiger partial charge in [-0.25, -0.2) is 0 Å². The first kappa shape index (κ1) is 20.5. The number of carbonyl (C=O) groups excluding carboxylic acids is 2. The number of hydrogen-bond acceptors (Lipinski definition) is 5. The summed E-state index contributed by atoms with van der Waals surface area (Å²) in [5.74, 6) is 0.688. The molecule has 1 aliphatic carbocycles. The van der Waals surface area contributed by atoms with Crippen LogP contribution in [0.3, 0.4) is 0 Å². The molecule has 0 radical (unpaired) electrons. The number of carbonyl (C=O) groups is 2. The molecule has 3 rings (SSSR count). The van der Waals surface area contributed by atoms with E-state index in [1.54, 1.807) is 0 Å². The average Bonchev–Trinajstić information content (AvgIpc) is 3.21. The largest absolute Gasteiger partial charge is 0.490 e. The van der Waals surface area contributed by atoms with Crippen LogP contribution in [0.5, 0.6) is 5.75 Å². The van der Waals surface area contributed by atoms with Crippen molar-refractivity contribution in [2.75, 3.05) is 25.0 Å². The highest BCUT2D eigenvalue weighted by Gasteiger charge is 2.30. The van der Waals surface area contributed by atoms with E-state index in [1.807, 2.05) is 43.0 Å². The van der Waals surface area contributed by atoms with Crippen LogP contribution in [0.4, 0.5) is 5.69 Å². The van der Waals surface area contributed by atoms with Crippen LogP contribution in [-0.2, 0) is 14.3 Å². The Bertz CT molecular complexity index is 664. The second-order valence-corrected chi connectivity index (χ2v) is 7.77. The van der Waals surface area contributed by atoms with Gasteiger partial charge in [-0.15, -0.1) is 0 Å². The lowest BCUT2D eigenvalue weighted by atomic mass is 9.96. The fraction of sp³-hybridized carbons (Fsp3) is 0.636. The Morgan fingerprint density at radius 1 is 1.18 bits per heavy atom. The van der Waals surface area contributed by atoms with Gasteiger partial charge in [0.05, 0.1) is 18.6 Å². The first-order valence-electron chi connectivity index (χ1n) is 10.6. The minimum absolute atomic E-state index is 0.0597. The third-order valence-electron chi connectivity index (χ3n) is 5.62. The van der Waals surface area contributed by atoms with Crippen LogP contribution in [0, 0.1) is 5.92 Å². The van der Waals surface area contributed by atoms with Gasteiger partial charge in [0.25, 0.3) is 0 Å². The Balaban J connectivity index is 1.49. The third-order valence-corrected chi connectivity index (χ3v) is 5.62. The van der Waals surface area contributed by atoms with Crippen molar-refractivity contribution in [2.45, 2.75) is 64.5 Å². The van der Waals surface area contributed by atoms with Gasteiger partial charge in [0.15, 0.2) is 0 Å². The van der Waals surface area contributed by atoms with Crippen molar-refractivity contribution in [3.8, 4) is 5.75 Å². The Labute approximate surface area is 167 Å². The smallest absolute Gasteiger partial charge is 0.309 e. The number of likely N-dealkylation sites (tertiary alicyclic amines) is 1. The number of amides is 1. The van der Waals surface area contributed by atoms with Crippen LogP contribution >= 0.6 is 0 Å². The number of nitrogens with zero attached hydrogens (tertiary/aromatic N) is 1. The number of esters is 1. The van der Waals surface area contributed by atoms with Crippen LogP contribution < -0.4 is 10.1 Å². The normalized spacial score (nSPS) is 19.3. The van der Waals surface area contributed by atoms with E-state index >= 15 is 0 Å². The Hall–Kier alpha value is -2.24. The van der Waals surface area contributed by atoms with Crippen molar-refractivity contribution in [3.05, 3.63) is 24.3 Å². The minimum Gasteiger partial charge on any atom is -0.490 e. The molecule has 0 bridgehead atoms. The van der Waals surface area contributed by atoms with E-state index in [2.05, 4.69) is 5.32 Å². The number of hydrogen-bond donors (Lipinski definition) is 1. The maximum Gasteiger partial charge on any atom is 0.309 e. The van der Waals surface area contributed by atoms with Crippen molar-refractivity contribution in [2.24, 2.45) is 5.92 Å². The summed E-state index contributed by atoms with van der Waals surface area (Å²) in [7, 11) is 0. The molecule has 1 saturated heterocycles. The summed E-state index contributed by atoms with van der Waals surface area (Å²) < 4.78 is 11.1. The standard InChI is InChI=1S/C22H32N2O4/c1-3-27-22(26)17-11-13-24(14-12-17)21(25)16(2)23-18-7-6-10-20(15-18)28-19-8-4-5-9-19/h6-7,10,15-17,19,23H,3-5,8-9,11-14H2,1-2H3/t16-/m0/s1. The molecule has 1 aliphatic heterocycles. The number of rotatable bonds is 7. The Morgan fingerprint density at radius 3 is 2.57 bits per heavy atom. The number of anilines is 1. The van der Waals surface area contributed by atoms with Crippen LogP contribution in [0.15, 0.2) is 24.3 Å². The van der Waals surface area contributed by atoms with E-state index in [-0.39, 0.29) is 23.8 Å². The maximum atomic E-state index is 12.8. The van der Waals surface area contributed by atoms with E-state index in [0.717, 1.165) is 24.3 Å². The zero-order valence-electron chi connectivity index (χ0n) is 17.0. The predicted molar refractivity (Wildman–Crippen MR) is 108 cm³/mol. The van der Waals surface area contributed by atoms with Gasteiger partial charge in [-0.2, -0.15) is 0 Å². The molecule has 28 heavy (non-hydrogen) atoms. The molecule has 1 amide bonds. The highest BCUT2D eigenvalue weighted by molar-refractivity contribution is 5.84. The van der Waals surface area contributed by atoms with Gasteiger partial charge < -0.3 is 19.7 Å². The molecule has 2 aliphatic rings. The summed E-state index contributed by atoms with van der Waals surface area (Å²) in [6, 6.07) is 7.51. The molecular formula is C22H32N2O4. The van der Waals surface area contributed by atoms with Crippen molar-refractivity contribution in [1.29, 1.82) is 0 Å². The molecule has 1 atom stereocenters. The van der Waals surface area contributed by atoms with Crippen molar-refractivity contribution < 1.29 is 19.1 Å². The zero-order chi connectivity index (χ0) is 19.9. The van der Waals surface area contributed by atoms with E-state index in [4.69, 9.17) is 9.47 Å². The molecule has 1 aromatic carbocycles. The van der Waals surface area contributed by atoms with Crippen LogP contribution in [0.2, 0.25) is 0 Å². The molecule has 2 fully saturated rings. The summed E-state index contributed by atoms with van der Waals surface area (Å²) in [6.45, 7) is 5.29. The maximum absolute atomic E-state index is 12.8.